The highest BCUT2D eigenvalue weighted by molar-refractivity contribution is 5.29. The molecule has 3 heteroatoms. The van der Waals surface area contributed by atoms with Gasteiger partial charge in [-0.2, -0.15) is 0 Å². The summed E-state index contributed by atoms with van der Waals surface area (Å²) in [6.45, 7) is 2.90. The van der Waals surface area contributed by atoms with Crippen molar-refractivity contribution in [1.29, 1.82) is 0 Å². The third-order valence-electron chi connectivity index (χ3n) is 2.91. The maximum absolute atomic E-state index is 5.62. The van der Waals surface area contributed by atoms with Crippen molar-refractivity contribution in [2.24, 2.45) is 11.7 Å². The first-order chi connectivity index (χ1) is 6.81. The first-order valence-electron chi connectivity index (χ1n) is 5.33. The summed E-state index contributed by atoms with van der Waals surface area (Å²) >= 11 is 0. The quantitative estimate of drug-likeness (QED) is 0.778. The number of aromatic nitrogens is 2. The Morgan fingerprint density at radius 2 is 2.29 bits per heavy atom. The zero-order chi connectivity index (χ0) is 9.97. The first kappa shape index (κ1) is 9.59. The Labute approximate surface area is 84.8 Å². The van der Waals surface area contributed by atoms with Gasteiger partial charge in [-0.1, -0.05) is 6.92 Å². The Bertz CT molecular complexity index is 322. The van der Waals surface area contributed by atoms with E-state index in [2.05, 4.69) is 16.9 Å². The van der Waals surface area contributed by atoms with Gasteiger partial charge < -0.3 is 5.73 Å². The summed E-state index contributed by atoms with van der Waals surface area (Å²) in [5, 5.41) is 0. The van der Waals surface area contributed by atoms with E-state index < -0.39 is 0 Å². The van der Waals surface area contributed by atoms with Crippen LogP contribution in [0.2, 0.25) is 0 Å². The molecule has 2 N–H and O–H groups in total. The predicted molar refractivity (Wildman–Crippen MR) is 56.0 cm³/mol. The summed E-state index contributed by atoms with van der Waals surface area (Å²) < 4.78 is 0. The fraction of sp³-hybridized carbons (Fsp3) is 0.636. The topological polar surface area (TPSA) is 51.8 Å². The molecule has 1 aromatic heterocycles. The zero-order valence-corrected chi connectivity index (χ0v) is 8.66. The Kier molecular flexibility index (Phi) is 2.77. The average molecular weight is 191 g/mol. The van der Waals surface area contributed by atoms with Gasteiger partial charge in [-0.05, 0) is 43.7 Å². The highest BCUT2D eigenvalue weighted by Crippen LogP contribution is 2.23. The summed E-state index contributed by atoms with van der Waals surface area (Å²) in [5.74, 6) is 0.523. The van der Waals surface area contributed by atoms with Crippen molar-refractivity contribution in [2.75, 3.05) is 6.54 Å². The summed E-state index contributed by atoms with van der Waals surface area (Å²) in [4.78, 5) is 8.68. The second-order valence-electron chi connectivity index (χ2n) is 4.14. The predicted octanol–water partition coefficient (Wildman–Crippen LogP) is 1.10. The van der Waals surface area contributed by atoms with E-state index in [0.717, 1.165) is 25.8 Å². The average Bonchev–Trinajstić information content (AvgIpc) is 2.66. The molecule has 1 aromatic rings. The zero-order valence-electron chi connectivity index (χ0n) is 8.66. The lowest BCUT2D eigenvalue weighted by Crippen LogP contribution is -2.15. The molecule has 1 unspecified atom stereocenters. The van der Waals surface area contributed by atoms with E-state index >= 15 is 0 Å². The van der Waals surface area contributed by atoms with Crippen LogP contribution in [0.3, 0.4) is 0 Å². The minimum Gasteiger partial charge on any atom is -0.330 e. The lowest BCUT2D eigenvalue weighted by Gasteiger charge is -2.10. The second kappa shape index (κ2) is 4.05. The summed E-state index contributed by atoms with van der Waals surface area (Å²) in [6.07, 6.45) is 6.22. The van der Waals surface area contributed by atoms with Gasteiger partial charge in [0.1, 0.15) is 6.33 Å². The molecule has 0 aliphatic heterocycles. The van der Waals surface area contributed by atoms with Crippen LogP contribution in [0.5, 0.6) is 0 Å². The van der Waals surface area contributed by atoms with Crippen LogP contribution in [0.15, 0.2) is 6.33 Å². The third-order valence-corrected chi connectivity index (χ3v) is 2.91. The molecule has 3 nitrogen and oxygen atoms in total. The van der Waals surface area contributed by atoms with Gasteiger partial charge >= 0.3 is 0 Å². The minimum absolute atomic E-state index is 0.523. The van der Waals surface area contributed by atoms with E-state index in [4.69, 9.17) is 5.73 Å². The van der Waals surface area contributed by atoms with Gasteiger partial charge in [0, 0.05) is 11.4 Å². The van der Waals surface area contributed by atoms with E-state index in [0.29, 0.717) is 5.92 Å². The molecule has 0 bridgehead atoms. The maximum Gasteiger partial charge on any atom is 0.115 e. The molecule has 0 aromatic carbocycles. The number of nitrogens with two attached hydrogens (primary N) is 1. The van der Waals surface area contributed by atoms with Gasteiger partial charge in [0.2, 0.25) is 0 Å². The SMILES string of the molecule is CC(CN)Cc1ncnc2c1CCC2. The monoisotopic (exact) mass is 191 g/mol. The Morgan fingerprint density at radius 1 is 1.43 bits per heavy atom. The molecule has 1 atom stereocenters. The molecule has 0 saturated heterocycles. The molecule has 1 aliphatic rings. The van der Waals surface area contributed by atoms with Crippen LogP contribution in [0.25, 0.3) is 0 Å². The molecule has 1 heterocycles. The largest absolute Gasteiger partial charge is 0.330 e. The molecule has 14 heavy (non-hydrogen) atoms. The molecule has 0 amide bonds. The summed E-state index contributed by atoms with van der Waals surface area (Å²) in [5.41, 5.74) is 9.51. The number of rotatable bonds is 3. The van der Waals surface area contributed by atoms with Crippen molar-refractivity contribution in [3.8, 4) is 0 Å². The van der Waals surface area contributed by atoms with Crippen molar-refractivity contribution in [3.63, 3.8) is 0 Å². The lowest BCUT2D eigenvalue weighted by atomic mass is 10.0. The number of hydrogen-bond donors (Lipinski definition) is 1. The molecular weight excluding hydrogens is 174 g/mol. The van der Waals surface area contributed by atoms with Gasteiger partial charge in [0.05, 0.1) is 0 Å². The third kappa shape index (κ3) is 1.77. The van der Waals surface area contributed by atoms with Crippen LogP contribution >= 0.6 is 0 Å². The summed E-state index contributed by atoms with van der Waals surface area (Å²) in [7, 11) is 0. The van der Waals surface area contributed by atoms with Crippen molar-refractivity contribution in [1.82, 2.24) is 9.97 Å². The molecule has 2 rings (SSSR count). The number of hydrogen-bond acceptors (Lipinski definition) is 3. The first-order valence-corrected chi connectivity index (χ1v) is 5.33. The second-order valence-corrected chi connectivity index (χ2v) is 4.14. The van der Waals surface area contributed by atoms with Crippen molar-refractivity contribution in [2.45, 2.75) is 32.6 Å². The van der Waals surface area contributed by atoms with Crippen LogP contribution in [0.4, 0.5) is 0 Å². The van der Waals surface area contributed by atoms with E-state index in [1.54, 1.807) is 6.33 Å². The van der Waals surface area contributed by atoms with Crippen LogP contribution in [0.1, 0.15) is 30.3 Å². The number of nitrogens with zero attached hydrogens (tertiary/aromatic N) is 2. The smallest absolute Gasteiger partial charge is 0.115 e. The molecule has 0 spiro atoms. The fourth-order valence-corrected chi connectivity index (χ4v) is 2.02. The highest BCUT2D eigenvalue weighted by atomic mass is 14.8. The van der Waals surface area contributed by atoms with E-state index in [-0.39, 0.29) is 0 Å². The Morgan fingerprint density at radius 3 is 3.07 bits per heavy atom. The van der Waals surface area contributed by atoms with Crippen LogP contribution in [0, 0.1) is 5.92 Å². The molecule has 76 valence electrons. The molecule has 0 radical (unpaired) electrons. The van der Waals surface area contributed by atoms with E-state index in [9.17, 15) is 0 Å². The standard InChI is InChI=1S/C11H17N3/c1-8(6-12)5-11-9-3-2-4-10(9)13-7-14-11/h7-8H,2-6,12H2,1H3. The van der Waals surface area contributed by atoms with Crippen LogP contribution < -0.4 is 5.73 Å². The van der Waals surface area contributed by atoms with Gasteiger partial charge in [-0.15, -0.1) is 0 Å². The van der Waals surface area contributed by atoms with Crippen molar-refractivity contribution >= 4 is 0 Å². The van der Waals surface area contributed by atoms with Crippen LogP contribution in [-0.2, 0) is 19.3 Å². The maximum atomic E-state index is 5.62. The normalized spacial score (nSPS) is 16.7. The van der Waals surface area contributed by atoms with Crippen molar-refractivity contribution in [3.05, 3.63) is 23.3 Å². The van der Waals surface area contributed by atoms with Crippen LogP contribution in [-0.4, -0.2) is 16.5 Å². The van der Waals surface area contributed by atoms with E-state index in [1.165, 1.54) is 23.4 Å². The Balaban J connectivity index is 2.22. The molecule has 0 saturated carbocycles. The molecule has 0 fully saturated rings. The summed E-state index contributed by atoms with van der Waals surface area (Å²) in [6, 6.07) is 0. The highest BCUT2D eigenvalue weighted by Gasteiger charge is 2.17. The van der Waals surface area contributed by atoms with Gasteiger partial charge in [-0.3, -0.25) is 0 Å². The van der Waals surface area contributed by atoms with Crippen molar-refractivity contribution < 1.29 is 0 Å². The number of aryl methyl sites for hydroxylation is 1. The van der Waals surface area contributed by atoms with Gasteiger partial charge in [0.15, 0.2) is 0 Å². The molecule has 1 aliphatic carbocycles. The van der Waals surface area contributed by atoms with E-state index in [1.807, 2.05) is 0 Å². The van der Waals surface area contributed by atoms with Gasteiger partial charge in [0.25, 0.3) is 0 Å². The van der Waals surface area contributed by atoms with Gasteiger partial charge in [-0.25, -0.2) is 9.97 Å². The fourth-order valence-electron chi connectivity index (χ4n) is 2.02. The number of fused-ring (bicyclic) bond motifs is 1. The minimum atomic E-state index is 0.523. The lowest BCUT2D eigenvalue weighted by molar-refractivity contribution is 0.580. The molecular formula is C11H17N3. The Hall–Kier alpha value is -0.960.